The standard InChI is InChI=1S/C6H6ClN3O2S/c7-10-9-5-1-3-6(4-2-5)13(8,11)12/h1-4H,(H2,8,11,12). The molecular formula is C6H6ClN3O2S. The summed E-state index contributed by atoms with van der Waals surface area (Å²) in [6.07, 6.45) is 0. The molecule has 0 aliphatic carbocycles. The van der Waals surface area contributed by atoms with E-state index in [0.29, 0.717) is 5.69 Å². The van der Waals surface area contributed by atoms with Gasteiger partial charge in [-0.1, -0.05) is 4.63 Å². The Kier molecular flexibility index (Phi) is 2.97. The van der Waals surface area contributed by atoms with Gasteiger partial charge < -0.3 is 0 Å². The number of primary sulfonamides is 1. The lowest BCUT2D eigenvalue weighted by atomic mass is 10.3. The van der Waals surface area contributed by atoms with Crippen molar-refractivity contribution in [1.29, 1.82) is 0 Å². The van der Waals surface area contributed by atoms with E-state index < -0.39 is 10.0 Å². The maximum absolute atomic E-state index is 10.8. The van der Waals surface area contributed by atoms with Crippen LogP contribution in [0.15, 0.2) is 38.9 Å². The molecule has 5 nitrogen and oxygen atoms in total. The number of benzene rings is 1. The highest BCUT2D eigenvalue weighted by atomic mass is 35.5. The molecule has 70 valence electrons. The second-order valence-corrected chi connectivity index (χ2v) is 3.93. The summed E-state index contributed by atoms with van der Waals surface area (Å²) in [5.74, 6) is 0. The molecule has 1 aromatic carbocycles. The largest absolute Gasteiger partial charge is 0.238 e. The van der Waals surface area contributed by atoms with Crippen LogP contribution in [0.3, 0.4) is 0 Å². The molecule has 0 fully saturated rings. The van der Waals surface area contributed by atoms with Crippen LogP contribution in [0.2, 0.25) is 0 Å². The Hall–Kier alpha value is -0.980. The summed E-state index contributed by atoms with van der Waals surface area (Å²) < 4.78 is 24.6. The fraction of sp³-hybridized carbons (Fsp3) is 0. The van der Waals surface area contributed by atoms with E-state index in [-0.39, 0.29) is 4.90 Å². The van der Waals surface area contributed by atoms with Gasteiger partial charge in [-0.05, 0) is 24.3 Å². The number of nitrogens with two attached hydrogens (primary N) is 1. The van der Waals surface area contributed by atoms with Gasteiger partial charge in [0.25, 0.3) is 0 Å². The van der Waals surface area contributed by atoms with E-state index in [4.69, 9.17) is 16.9 Å². The van der Waals surface area contributed by atoms with Gasteiger partial charge in [0.1, 0.15) is 0 Å². The third-order valence-corrected chi connectivity index (χ3v) is 2.32. The van der Waals surface area contributed by atoms with Gasteiger partial charge in [0.2, 0.25) is 10.0 Å². The second kappa shape index (κ2) is 3.82. The predicted molar refractivity (Wildman–Crippen MR) is 48.2 cm³/mol. The second-order valence-electron chi connectivity index (χ2n) is 2.21. The van der Waals surface area contributed by atoms with Crippen LogP contribution in [0.25, 0.3) is 0 Å². The number of sulfonamides is 1. The molecule has 0 saturated heterocycles. The summed E-state index contributed by atoms with van der Waals surface area (Å²) in [7, 11) is -3.64. The molecule has 0 amide bonds. The molecule has 13 heavy (non-hydrogen) atoms. The fourth-order valence-electron chi connectivity index (χ4n) is 0.746. The lowest BCUT2D eigenvalue weighted by molar-refractivity contribution is 0.598. The van der Waals surface area contributed by atoms with Crippen molar-refractivity contribution in [2.24, 2.45) is 14.9 Å². The molecule has 0 aromatic heterocycles. The Balaban J connectivity index is 3.08. The molecule has 0 bridgehead atoms. The number of hydrogen-bond donors (Lipinski definition) is 1. The minimum absolute atomic E-state index is 0.0287. The zero-order valence-electron chi connectivity index (χ0n) is 6.38. The molecule has 0 aliphatic heterocycles. The van der Waals surface area contributed by atoms with Crippen molar-refractivity contribution in [3.05, 3.63) is 24.3 Å². The van der Waals surface area contributed by atoms with E-state index in [0.717, 1.165) is 0 Å². The zero-order valence-corrected chi connectivity index (χ0v) is 7.96. The summed E-state index contributed by atoms with van der Waals surface area (Å²) in [6, 6.07) is 5.56. The van der Waals surface area contributed by atoms with Gasteiger partial charge in [-0.15, -0.1) is 5.11 Å². The van der Waals surface area contributed by atoms with Crippen LogP contribution in [-0.4, -0.2) is 8.42 Å². The Labute approximate surface area is 80.4 Å². The Morgan fingerprint density at radius 1 is 1.23 bits per heavy atom. The van der Waals surface area contributed by atoms with Crippen LogP contribution >= 0.6 is 11.8 Å². The fourth-order valence-corrected chi connectivity index (χ4v) is 1.35. The van der Waals surface area contributed by atoms with Crippen LogP contribution in [-0.2, 0) is 10.0 Å². The number of hydrogen-bond acceptors (Lipinski definition) is 4. The van der Waals surface area contributed by atoms with Gasteiger partial charge in [0, 0.05) is 0 Å². The predicted octanol–water partition coefficient (Wildman–Crippen LogP) is 1.57. The summed E-state index contributed by atoms with van der Waals surface area (Å²) in [5, 5.41) is 8.36. The zero-order chi connectivity index (χ0) is 9.90. The Morgan fingerprint density at radius 3 is 2.15 bits per heavy atom. The van der Waals surface area contributed by atoms with Gasteiger partial charge in [0.15, 0.2) is 0 Å². The van der Waals surface area contributed by atoms with Crippen molar-refractivity contribution in [2.45, 2.75) is 4.90 Å². The number of nitrogens with zero attached hydrogens (tertiary/aromatic N) is 2. The molecule has 0 spiro atoms. The van der Waals surface area contributed by atoms with Crippen LogP contribution in [0.5, 0.6) is 0 Å². The third kappa shape index (κ3) is 2.76. The van der Waals surface area contributed by atoms with E-state index in [1.165, 1.54) is 24.3 Å². The van der Waals surface area contributed by atoms with Crippen molar-refractivity contribution in [3.8, 4) is 0 Å². The van der Waals surface area contributed by atoms with Crippen molar-refractivity contribution >= 4 is 27.5 Å². The quantitative estimate of drug-likeness (QED) is 0.766. The normalized spacial score (nSPS) is 12.2. The summed E-state index contributed by atoms with van der Waals surface area (Å²) in [4.78, 5) is 0.0287. The van der Waals surface area contributed by atoms with Crippen LogP contribution in [0.4, 0.5) is 5.69 Å². The SMILES string of the molecule is NS(=O)(=O)c1ccc(N=NCl)cc1. The van der Waals surface area contributed by atoms with Crippen molar-refractivity contribution in [2.75, 3.05) is 0 Å². The molecule has 1 aromatic rings. The molecular weight excluding hydrogens is 214 g/mol. The monoisotopic (exact) mass is 219 g/mol. The van der Waals surface area contributed by atoms with Crippen LogP contribution < -0.4 is 5.14 Å². The van der Waals surface area contributed by atoms with E-state index in [2.05, 4.69) is 9.75 Å². The van der Waals surface area contributed by atoms with Crippen LogP contribution in [0, 0.1) is 0 Å². The third-order valence-electron chi connectivity index (χ3n) is 1.32. The van der Waals surface area contributed by atoms with Gasteiger partial charge >= 0.3 is 0 Å². The van der Waals surface area contributed by atoms with Crippen LogP contribution in [0.1, 0.15) is 0 Å². The molecule has 0 unspecified atom stereocenters. The van der Waals surface area contributed by atoms with E-state index >= 15 is 0 Å². The maximum atomic E-state index is 10.8. The molecule has 0 heterocycles. The topological polar surface area (TPSA) is 84.9 Å². The average Bonchev–Trinajstić information content (AvgIpc) is 2.04. The highest BCUT2D eigenvalue weighted by Gasteiger charge is 2.05. The highest BCUT2D eigenvalue weighted by Crippen LogP contribution is 2.15. The van der Waals surface area contributed by atoms with Crippen molar-refractivity contribution in [3.63, 3.8) is 0 Å². The maximum Gasteiger partial charge on any atom is 0.238 e. The lowest BCUT2D eigenvalue weighted by Crippen LogP contribution is -2.11. The summed E-state index contributed by atoms with van der Waals surface area (Å²) >= 11 is 4.98. The first-order valence-electron chi connectivity index (χ1n) is 3.19. The minimum atomic E-state index is -3.64. The molecule has 0 radical (unpaired) electrons. The highest BCUT2D eigenvalue weighted by molar-refractivity contribution is 7.89. The number of halogens is 1. The molecule has 7 heteroatoms. The minimum Gasteiger partial charge on any atom is -0.225 e. The van der Waals surface area contributed by atoms with E-state index in [9.17, 15) is 8.42 Å². The van der Waals surface area contributed by atoms with E-state index in [1.54, 1.807) is 0 Å². The molecule has 0 atom stereocenters. The van der Waals surface area contributed by atoms with Gasteiger partial charge in [-0.25, -0.2) is 13.6 Å². The summed E-state index contributed by atoms with van der Waals surface area (Å²) in [6.45, 7) is 0. The molecule has 0 saturated carbocycles. The Bertz CT molecular complexity index is 412. The van der Waals surface area contributed by atoms with Gasteiger partial charge in [-0.3, -0.25) is 0 Å². The van der Waals surface area contributed by atoms with E-state index in [1.807, 2.05) is 0 Å². The van der Waals surface area contributed by atoms with Gasteiger partial charge in [0.05, 0.1) is 22.4 Å². The smallest absolute Gasteiger partial charge is 0.225 e. The van der Waals surface area contributed by atoms with Gasteiger partial charge in [-0.2, -0.15) is 0 Å². The molecule has 1 rings (SSSR count). The first-order chi connectivity index (χ1) is 6.04. The lowest BCUT2D eigenvalue weighted by Gasteiger charge is -1.96. The molecule has 2 N–H and O–H groups in total. The van der Waals surface area contributed by atoms with Crippen molar-refractivity contribution in [1.82, 2.24) is 0 Å². The average molecular weight is 220 g/mol. The number of rotatable bonds is 2. The first kappa shape index (κ1) is 10.1. The first-order valence-corrected chi connectivity index (χ1v) is 5.07. The summed E-state index contributed by atoms with van der Waals surface area (Å²) in [5.41, 5.74) is 0.461. The molecule has 0 aliphatic rings. The van der Waals surface area contributed by atoms with Crippen molar-refractivity contribution < 1.29 is 8.42 Å². The Morgan fingerprint density at radius 2 is 1.77 bits per heavy atom.